The van der Waals surface area contributed by atoms with Crippen LogP contribution < -0.4 is 14.4 Å². The third-order valence-electron chi connectivity index (χ3n) is 5.66. The van der Waals surface area contributed by atoms with Gasteiger partial charge in [-0.25, -0.2) is 4.98 Å². The molecule has 1 aromatic heterocycles. The summed E-state index contributed by atoms with van der Waals surface area (Å²) in [7, 11) is 1.67. The molecule has 7 nitrogen and oxygen atoms in total. The molecule has 1 saturated carbocycles. The van der Waals surface area contributed by atoms with E-state index < -0.39 is 6.61 Å². The van der Waals surface area contributed by atoms with E-state index in [-0.39, 0.29) is 42.2 Å². The summed E-state index contributed by atoms with van der Waals surface area (Å²) in [6.07, 6.45) is 2.52. The van der Waals surface area contributed by atoms with Crippen LogP contribution >= 0.6 is 11.3 Å². The molecule has 1 aromatic carbocycles. The molecule has 172 valence electrons. The van der Waals surface area contributed by atoms with Gasteiger partial charge >= 0.3 is 6.61 Å². The van der Waals surface area contributed by atoms with E-state index in [0.717, 1.165) is 24.1 Å². The van der Waals surface area contributed by atoms with E-state index >= 15 is 0 Å². The Kier molecular flexibility index (Phi) is 6.59. The van der Waals surface area contributed by atoms with Crippen molar-refractivity contribution >= 4 is 28.3 Å². The molecular weight excluding hydrogens is 440 g/mol. The van der Waals surface area contributed by atoms with Gasteiger partial charge in [0.15, 0.2) is 16.6 Å². The Labute approximate surface area is 188 Å². The highest BCUT2D eigenvalue weighted by molar-refractivity contribution is 7.14. The Morgan fingerprint density at radius 1 is 1.31 bits per heavy atom. The quantitative estimate of drug-likeness (QED) is 0.560. The monoisotopic (exact) mass is 465 g/mol. The number of nitrogens with zero attached hydrogens (tertiary/aromatic N) is 3. The number of amides is 2. The second-order valence-corrected chi connectivity index (χ2v) is 8.81. The Bertz CT molecular complexity index is 995. The molecular formula is C22H25F2N3O4S. The van der Waals surface area contributed by atoms with Crippen molar-refractivity contribution in [2.45, 2.75) is 44.6 Å². The number of thiazole rings is 1. The molecule has 1 aliphatic heterocycles. The van der Waals surface area contributed by atoms with Gasteiger partial charge in [0.05, 0.1) is 12.3 Å². The SMILES string of the molecule is CCOc1cc([C@@H]2CC(=O)N(CC(=O)N(C)c3nc(C4CC4)cs3)C2)ccc1OC(F)F. The van der Waals surface area contributed by atoms with Gasteiger partial charge in [-0.15, -0.1) is 11.3 Å². The van der Waals surface area contributed by atoms with Gasteiger partial charge in [-0.3, -0.25) is 14.5 Å². The number of carbonyl (C=O) groups excluding carboxylic acids is 2. The van der Waals surface area contributed by atoms with Crippen LogP contribution in [0.1, 0.15) is 49.3 Å². The first-order valence-electron chi connectivity index (χ1n) is 10.6. The van der Waals surface area contributed by atoms with Crippen molar-refractivity contribution in [1.82, 2.24) is 9.88 Å². The van der Waals surface area contributed by atoms with Gasteiger partial charge in [0, 0.05) is 37.2 Å². The summed E-state index contributed by atoms with van der Waals surface area (Å²) in [6.45, 7) is -0.583. The summed E-state index contributed by atoms with van der Waals surface area (Å²) >= 11 is 1.43. The number of alkyl halides is 2. The molecule has 2 heterocycles. The topological polar surface area (TPSA) is 72.0 Å². The number of halogens is 2. The van der Waals surface area contributed by atoms with Gasteiger partial charge in [-0.05, 0) is 37.5 Å². The molecule has 0 bridgehead atoms. The number of aromatic nitrogens is 1. The normalized spacial score (nSPS) is 18.3. The Balaban J connectivity index is 1.40. The van der Waals surface area contributed by atoms with Crippen molar-refractivity contribution in [3.05, 3.63) is 34.8 Å². The van der Waals surface area contributed by atoms with E-state index in [2.05, 4.69) is 9.72 Å². The number of hydrogen-bond donors (Lipinski definition) is 0. The fourth-order valence-electron chi connectivity index (χ4n) is 3.76. The summed E-state index contributed by atoms with van der Waals surface area (Å²) in [5.41, 5.74) is 1.81. The molecule has 0 unspecified atom stereocenters. The van der Waals surface area contributed by atoms with E-state index in [9.17, 15) is 18.4 Å². The lowest BCUT2D eigenvalue weighted by atomic mass is 9.98. The minimum atomic E-state index is -2.95. The summed E-state index contributed by atoms with van der Waals surface area (Å²) in [5.74, 6) is 0.192. The summed E-state index contributed by atoms with van der Waals surface area (Å²) in [4.78, 5) is 32.9. The molecule has 0 radical (unpaired) electrons. The maximum absolute atomic E-state index is 12.8. The number of rotatable bonds is 9. The lowest BCUT2D eigenvalue weighted by molar-refractivity contribution is -0.132. The third-order valence-corrected chi connectivity index (χ3v) is 6.60. The van der Waals surface area contributed by atoms with E-state index in [1.807, 2.05) is 5.38 Å². The number of carbonyl (C=O) groups is 2. The standard InChI is InChI=1S/C22H25F2N3O4S/c1-3-30-18-8-14(6-7-17(18)31-21(23)24)15-9-19(28)27(10-15)11-20(29)26(2)22-25-16(12-32-22)13-4-5-13/h6-8,12-13,15,21H,3-5,9-11H2,1-2H3/t15-/m1/s1. The molecule has 2 aromatic rings. The maximum Gasteiger partial charge on any atom is 0.387 e. The molecule has 0 N–H and O–H groups in total. The van der Waals surface area contributed by atoms with Crippen LogP contribution in [0.2, 0.25) is 0 Å². The van der Waals surface area contributed by atoms with Crippen molar-refractivity contribution < 1.29 is 27.8 Å². The largest absolute Gasteiger partial charge is 0.490 e. The molecule has 2 amide bonds. The summed E-state index contributed by atoms with van der Waals surface area (Å²) in [5, 5.41) is 2.63. The second kappa shape index (κ2) is 9.40. The van der Waals surface area contributed by atoms with E-state index in [4.69, 9.17) is 4.74 Å². The lowest BCUT2D eigenvalue weighted by Gasteiger charge is -2.20. The molecule has 2 fully saturated rings. The van der Waals surface area contributed by atoms with Crippen LogP contribution in [0, 0.1) is 0 Å². The highest BCUT2D eigenvalue weighted by atomic mass is 32.1. The Morgan fingerprint density at radius 3 is 2.78 bits per heavy atom. The predicted molar refractivity (Wildman–Crippen MR) is 116 cm³/mol. The number of likely N-dealkylation sites (N-methyl/N-ethyl adjacent to an activating group) is 1. The molecule has 2 aliphatic rings. The third kappa shape index (κ3) is 5.01. The fourth-order valence-corrected chi connectivity index (χ4v) is 4.65. The van der Waals surface area contributed by atoms with E-state index in [1.165, 1.54) is 27.2 Å². The van der Waals surface area contributed by atoms with Gasteiger partial charge in [0.25, 0.3) is 0 Å². The molecule has 10 heteroatoms. The van der Waals surface area contributed by atoms with Crippen LogP contribution in [-0.4, -0.2) is 55.1 Å². The number of anilines is 1. The zero-order chi connectivity index (χ0) is 22.8. The van der Waals surface area contributed by atoms with Gasteiger partial charge in [0.1, 0.15) is 6.54 Å². The van der Waals surface area contributed by atoms with Gasteiger partial charge in [-0.1, -0.05) is 6.07 Å². The smallest absolute Gasteiger partial charge is 0.387 e. The number of ether oxygens (including phenoxy) is 2. The average Bonchev–Trinajstić information content (AvgIpc) is 3.37. The minimum Gasteiger partial charge on any atom is -0.490 e. The van der Waals surface area contributed by atoms with E-state index in [1.54, 1.807) is 26.1 Å². The number of benzene rings is 1. The zero-order valence-electron chi connectivity index (χ0n) is 17.9. The van der Waals surface area contributed by atoms with Gasteiger partial charge < -0.3 is 14.4 Å². The van der Waals surface area contributed by atoms with Gasteiger partial charge in [-0.2, -0.15) is 8.78 Å². The molecule has 0 spiro atoms. The fraction of sp³-hybridized carbons (Fsp3) is 0.500. The van der Waals surface area contributed by atoms with Crippen LogP contribution in [0.25, 0.3) is 0 Å². The molecule has 1 aliphatic carbocycles. The summed E-state index contributed by atoms with van der Waals surface area (Å²) in [6, 6.07) is 4.72. The van der Waals surface area contributed by atoms with Crippen LogP contribution in [0.3, 0.4) is 0 Å². The van der Waals surface area contributed by atoms with Crippen LogP contribution in [-0.2, 0) is 9.59 Å². The number of likely N-dealkylation sites (tertiary alicyclic amines) is 1. The van der Waals surface area contributed by atoms with Crippen molar-refractivity contribution in [2.24, 2.45) is 0 Å². The van der Waals surface area contributed by atoms with Crippen molar-refractivity contribution in [1.29, 1.82) is 0 Å². The van der Waals surface area contributed by atoms with E-state index in [0.29, 0.717) is 24.2 Å². The zero-order valence-corrected chi connectivity index (χ0v) is 18.7. The average molecular weight is 466 g/mol. The Hall–Kier alpha value is -2.75. The summed E-state index contributed by atoms with van der Waals surface area (Å²) < 4.78 is 35.2. The van der Waals surface area contributed by atoms with Crippen molar-refractivity contribution in [3.63, 3.8) is 0 Å². The highest BCUT2D eigenvalue weighted by Gasteiger charge is 2.34. The minimum absolute atomic E-state index is 0.0327. The maximum atomic E-state index is 12.8. The van der Waals surface area contributed by atoms with Crippen LogP contribution in [0.4, 0.5) is 13.9 Å². The predicted octanol–water partition coefficient (Wildman–Crippen LogP) is 4.00. The first-order valence-corrected chi connectivity index (χ1v) is 11.4. The van der Waals surface area contributed by atoms with Crippen molar-refractivity contribution in [2.75, 3.05) is 31.6 Å². The number of hydrogen-bond acceptors (Lipinski definition) is 6. The highest BCUT2D eigenvalue weighted by Crippen LogP contribution is 2.41. The van der Waals surface area contributed by atoms with Crippen molar-refractivity contribution in [3.8, 4) is 11.5 Å². The Morgan fingerprint density at radius 2 is 2.09 bits per heavy atom. The molecule has 1 saturated heterocycles. The van der Waals surface area contributed by atoms with Crippen LogP contribution in [0.15, 0.2) is 23.6 Å². The first-order chi connectivity index (χ1) is 15.4. The molecule has 32 heavy (non-hydrogen) atoms. The second-order valence-electron chi connectivity index (χ2n) is 7.97. The van der Waals surface area contributed by atoms with Crippen LogP contribution in [0.5, 0.6) is 11.5 Å². The molecule has 1 atom stereocenters. The first kappa shape index (κ1) is 22.4. The lowest BCUT2D eigenvalue weighted by Crippen LogP contribution is -2.39. The van der Waals surface area contributed by atoms with Gasteiger partial charge in [0.2, 0.25) is 11.8 Å². The molecule has 4 rings (SSSR count).